The average Bonchev–Trinajstić information content (AvgIpc) is 2.76. The van der Waals surface area contributed by atoms with E-state index in [1.54, 1.807) is 0 Å². The van der Waals surface area contributed by atoms with Crippen LogP contribution in [0.5, 0.6) is 0 Å². The lowest BCUT2D eigenvalue weighted by Crippen LogP contribution is -2.60. The van der Waals surface area contributed by atoms with E-state index in [9.17, 15) is 9.90 Å². The van der Waals surface area contributed by atoms with Gasteiger partial charge in [0.15, 0.2) is 0 Å². The molecule has 1 heterocycles. The van der Waals surface area contributed by atoms with Gasteiger partial charge in [-0.05, 0) is 71.9 Å². The van der Waals surface area contributed by atoms with Crippen molar-refractivity contribution in [2.45, 2.75) is 82.8 Å². The van der Waals surface area contributed by atoms with Crippen LogP contribution in [-0.2, 0) is 4.79 Å². The Hall–Kier alpha value is -0.610. The van der Waals surface area contributed by atoms with Crippen molar-refractivity contribution < 1.29 is 9.90 Å². The molecule has 2 unspecified atom stereocenters. The summed E-state index contributed by atoms with van der Waals surface area (Å²) in [4.78, 5) is 14.4. The number of carboxylic acid groups (broad SMARTS) is 1. The Morgan fingerprint density at radius 1 is 1.35 bits per heavy atom. The van der Waals surface area contributed by atoms with Crippen LogP contribution in [0.25, 0.3) is 0 Å². The summed E-state index contributed by atoms with van der Waals surface area (Å²) in [5, 5.41) is 13.1. The summed E-state index contributed by atoms with van der Waals surface area (Å²) >= 11 is 0. The van der Waals surface area contributed by atoms with E-state index in [1.807, 2.05) is 0 Å². The summed E-state index contributed by atoms with van der Waals surface area (Å²) in [6.45, 7) is 8.61. The summed E-state index contributed by atoms with van der Waals surface area (Å²) in [6.07, 6.45) is 7.14. The Morgan fingerprint density at radius 2 is 2.10 bits per heavy atom. The van der Waals surface area contributed by atoms with Gasteiger partial charge in [-0.3, -0.25) is 9.69 Å². The number of rotatable bonds is 5. The van der Waals surface area contributed by atoms with Crippen LogP contribution in [0.2, 0.25) is 0 Å². The normalized spacial score (nSPS) is 34.2. The third-order valence-corrected chi connectivity index (χ3v) is 5.25. The summed E-state index contributed by atoms with van der Waals surface area (Å²) in [5.41, 5.74) is -0.464. The lowest BCUT2D eigenvalue weighted by Gasteiger charge is -2.46. The van der Waals surface area contributed by atoms with Gasteiger partial charge in [-0.25, -0.2) is 0 Å². The fraction of sp³-hybridized carbons (Fsp3) is 0.938. The molecule has 1 aliphatic carbocycles. The molecule has 2 rings (SSSR count). The van der Waals surface area contributed by atoms with E-state index in [2.05, 4.69) is 31.0 Å². The van der Waals surface area contributed by atoms with Gasteiger partial charge in [-0.15, -0.1) is 0 Å². The standard InChI is InChI=1S/C16H30N2O2/c1-4-10-17-16(14(19)20)9-5-7-13(12-16)18-11-6-8-15(18,2)3/h13,17H,4-12H2,1-3H3,(H,19,20). The van der Waals surface area contributed by atoms with Gasteiger partial charge in [-0.1, -0.05) is 6.92 Å². The molecule has 4 nitrogen and oxygen atoms in total. The van der Waals surface area contributed by atoms with E-state index in [0.717, 1.165) is 45.2 Å². The van der Waals surface area contributed by atoms with Gasteiger partial charge in [0.05, 0.1) is 0 Å². The predicted octanol–water partition coefficient (Wildman–Crippen LogP) is 2.63. The van der Waals surface area contributed by atoms with Crippen LogP contribution >= 0.6 is 0 Å². The van der Waals surface area contributed by atoms with Crippen LogP contribution in [0.15, 0.2) is 0 Å². The van der Waals surface area contributed by atoms with E-state index in [1.165, 1.54) is 12.8 Å². The number of hydrogen-bond acceptors (Lipinski definition) is 3. The van der Waals surface area contributed by atoms with E-state index in [0.29, 0.717) is 6.04 Å². The van der Waals surface area contributed by atoms with Crippen molar-refractivity contribution in [2.75, 3.05) is 13.1 Å². The summed E-state index contributed by atoms with van der Waals surface area (Å²) in [5.74, 6) is -0.660. The van der Waals surface area contributed by atoms with E-state index >= 15 is 0 Å². The highest BCUT2D eigenvalue weighted by atomic mass is 16.4. The molecule has 4 heteroatoms. The van der Waals surface area contributed by atoms with Crippen LogP contribution < -0.4 is 5.32 Å². The van der Waals surface area contributed by atoms with Gasteiger partial charge in [0.25, 0.3) is 0 Å². The maximum absolute atomic E-state index is 11.8. The highest BCUT2D eigenvalue weighted by Crippen LogP contribution is 2.38. The van der Waals surface area contributed by atoms with Crippen LogP contribution in [0.4, 0.5) is 0 Å². The molecule has 1 saturated carbocycles. The molecule has 0 aromatic carbocycles. The van der Waals surface area contributed by atoms with Crippen molar-refractivity contribution in [3.63, 3.8) is 0 Å². The van der Waals surface area contributed by atoms with Crippen LogP contribution in [0.1, 0.15) is 65.7 Å². The largest absolute Gasteiger partial charge is 0.480 e. The van der Waals surface area contributed by atoms with Crippen molar-refractivity contribution >= 4 is 5.97 Å². The van der Waals surface area contributed by atoms with Gasteiger partial charge in [0, 0.05) is 11.6 Å². The molecule has 0 spiro atoms. The molecular formula is C16H30N2O2. The molecule has 2 aliphatic rings. The zero-order valence-electron chi connectivity index (χ0n) is 13.2. The second-order valence-electron chi connectivity index (χ2n) is 7.17. The van der Waals surface area contributed by atoms with Crippen LogP contribution in [0.3, 0.4) is 0 Å². The lowest BCUT2D eigenvalue weighted by atomic mass is 9.77. The van der Waals surface area contributed by atoms with Crippen molar-refractivity contribution in [1.82, 2.24) is 10.2 Å². The molecule has 0 amide bonds. The SMILES string of the molecule is CCCNC1(C(=O)O)CCCC(N2CCCC2(C)C)C1. The zero-order chi connectivity index (χ0) is 14.8. The van der Waals surface area contributed by atoms with Gasteiger partial charge >= 0.3 is 5.97 Å². The van der Waals surface area contributed by atoms with Crippen molar-refractivity contribution in [3.05, 3.63) is 0 Å². The topological polar surface area (TPSA) is 52.6 Å². The molecule has 20 heavy (non-hydrogen) atoms. The number of carbonyl (C=O) groups is 1. The third-order valence-electron chi connectivity index (χ3n) is 5.25. The molecule has 2 fully saturated rings. The number of nitrogens with one attached hydrogen (secondary N) is 1. The maximum atomic E-state index is 11.8. The van der Waals surface area contributed by atoms with E-state index in [4.69, 9.17) is 0 Å². The molecule has 0 bridgehead atoms. The van der Waals surface area contributed by atoms with Crippen LogP contribution in [0, 0.1) is 0 Å². The first-order valence-corrected chi connectivity index (χ1v) is 8.16. The van der Waals surface area contributed by atoms with Gasteiger partial charge in [0.1, 0.15) is 5.54 Å². The predicted molar refractivity (Wildman–Crippen MR) is 80.9 cm³/mol. The average molecular weight is 282 g/mol. The Labute approximate surface area is 122 Å². The minimum absolute atomic E-state index is 0.233. The summed E-state index contributed by atoms with van der Waals surface area (Å²) in [7, 11) is 0. The number of aliphatic carboxylic acids is 1. The van der Waals surface area contributed by atoms with E-state index < -0.39 is 11.5 Å². The molecule has 0 radical (unpaired) electrons. The molecule has 116 valence electrons. The second-order valence-corrected chi connectivity index (χ2v) is 7.17. The molecule has 0 aromatic heterocycles. The zero-order valence-corrected chi connectivity index (χ0v) is 13.2. The Balaban J connectivity index is 2.11. The van der Waals surface area contributed by atoms with E-state index in [-0.39, 0.29) is 5.54 Å². The van der Waals surface area contributed by atoms with Gasteiger partial charge in [0.2, 0.25) is 0 Å². The minimum Gasteiger partial charge on any atom is -0.480 e. The first-order chi connectivity index (χ1) is 9.41. The molecule has 1 saturated heterocycles. The Bertz CT molecular complexity index is 356. The molecule has 2 atom stereocenters. The monoisotopic (exact) mass is 282 g/mol. The van der Waals surface area contributed by atoms with Crippen molar-refractivity contribution in [2.24, 2.45) is 0 Å². The molecule has 2 N–H and O–H groups in total. The molecule has 1 aliphatic heterocycles. The number of likely N-dealkylation sites (tertiary alicyclic amines) is 1. The number of carboxylic acids is 1. The van der Waals surface area contributed by atoms with Crippen molar-refractivity contribution in [1.29, 1.82) is 0 Å². The van der Waals surface area contributed by atoms with Gasteiger partial charge < -0.3 is 10.4 Å². The van der Waals surface area contributed by atoms with Gasteiger partial charge in [-0.2, -0.15) is 0 Å². The quantitative estimate of drug-likeness (QED) is 0.814. The Morgan fingerprint density at radius 3 is 2.65 bits per heavy atom. The summed E-state index contributed by atoms with van der Waals surface area (Å²) in [6, 6.07) is 0.418. The Kier molecular flexibility index (Phi) is 4.75. The maximum Gasteiger partial charge on any atom is 0.323 e. The lowest BCUT2D eigenvalue weighted by molar-refractivity contribution is -0.147. The highest BCUT2D eigenvalue weighted by Gasteiger charge is 2.47. The summed E-state index contributed by atoms with van der Waals surface area (Å²) < 4.78 is 0. The molecular weight excluding hydrogens is 252 g/mol. The van der Waals surface area contributed by atoms with Crippen molar-refractivity contribution in [3.8, 4) is 0 Å². The third kappa shape index (κ3) is 3.01. The molecule has 0 aromatic rings. The second kappa shape index (κ2) is 6.02. The van der Waals surface area contributed by atoms with Crippen LogP contribution in [-0.4, -0.2) is 46.2 Å². The first kappa shape index (κ1) is 15.8. The fourth-order valence-corrected chi connectivity index (χ4v) is 4.11. The minimum atomic E-state index is -0.697. The number of hydrogen-bond donors (Lipinski definition) is 2. The first-order valence-electron chi connectivity index (χ1n) is 8.16. The smallest absolute Gasteiger partial charge is 0.323 e. The number of nitrogens with zero attached hydrogens (tertiary/aromatic N) is 1. The highest BCUT2D eigenvalue weighted by molar-refractivity contribution is 5.79. The fourth-order valence-electron chi connectivity index (χ4n) is 4.11.